The van der Waals surface area contributed by atoms with Crippen LogP contribution >= 0.6 is 0 Å². The molecule has 0 aliphatic heterocycles. The van der Waals surface area contributed by atoms with Crippen LogP contribution in [0.1, 0.15) is 73.3 Å². The summed E-state index contributed by atoms with van der Waals surface area (Å²) in [7, 11) is 0. The second-order valence-corrected chi connectivity index (χ2v) is 10.1. The summed E-state index contributed by atoms with van der Waals surface area (Å²) in [6.45, 7) is 13.0. The van der Waals surface area contributed by atoms with E-state index in [-0.39, 0.29) is 48.9 Å². The zero-order chi connectivity index (χ0) is 28.9. The van der Waals surface area contributed by atoms with Crippen molar-refractivity contribution in [2.24, 2.45) is 11.1 Å². The van der Waals surface area contributed by atoms with Gasteiger partial charge in [0.15, 0.2) is 11.5 Å². The van der Waals surface area contributed by atoms with Crippen molar-refractivity contribution in [3.05, 3.63) is 23.8 Å². The van der Waals surface area contributed by atoms with Gasteiger partial charge in [-0.15, -0.1) is 0 Å². The molecule has 0 spiro atoms. The molecule has 0 aliphatic carbocycles. The first-order valence-electron chi connectivity index (χ1n) is 12.7. The molecule has 3 atom stereocenters. The van der Waals surface area contributed by atoms with Gasteiger partial charge in [0, 0.05) is 0 Å². The van der Waals surface area contributed by atoms with Gasteiger partial charge in [-0.25, -0.2) is 9.59 Å². The number of benzene rings is 1. The van der Waals surface area contributed by atoms with E-state index >= 15 is 0 Å². The van der Waals surface area contributed by atoms with E-state index < -0.39 is 36.5 Å². The maximum absolute atomic E-state index is 12.6. The predicted octanol–water partition coefficient (Wildman–Crippen LogP) is 4.71. The molecule has 0 radical (unpaired) electrons. The molecular weight excluding hydrogens is 498 g/mol. The standard InChI is InChI=1S/C27H41NO10/c1-8-12-33-25(31)37-21-11-10-19(15-22(21)38-26(32)34-13-9-2)14-20(28)24(30)36-18(4)17(3)35-23(29)16-27(5,6)7/h10-11,15,17-18,20H,8-9,12-14,16,28H2,1-7H3/t17-,18-,20-/m0/s1. The number of ether oxygens (including phenoxy) is 6. The average Bonchev–Trinajstić information content (AvgIpc) is 2.81. The number of hydrogen-bond donors (Lipinski definition) is 1. The fraction of sp³-hybridized carbons (Fsp3) is 0.630. The summed E-state index contributed by atoms with van der Waals surface area (Å²) < 4.78 is 30.9. The van der Waals surface area contributed by atoms with Gasteiger partial charge in [-0.05, 0) is 56.2 Å². The van der Waals surface area contributed by atoms with Crippen LogP contribution in [0.25, 0.3) is 0 Å². The maximum Gasteiger partial charge on any atom is 0.513 e. The molecule has 2 N–H and O–H groups in total. The minimum Gasteiger partial charge on any atom is -0.459 e. The molecule has 38 heavy (non-hydrogen) atoms. The highest BCUT2D eigenvalue weighted by Gasteiger charge is 2.26. The fourth-order valence-electron chi connectivity index (χ4n) is 2.93. The van der Waals surface area contributed by atoms with Gasteiger partial charge >= 0.3 is 24.2 Å². The van der Waals surface area contributed by atoms with Crippen LogP contribution in [0, 0.1) is 5.41 Å². The Hall–Kier alpha value is -3.34. The van der Waals surface area contributed by atoms with Gasteiger partial charge in [0.2, 0.25) is 0 Å². The number of rotatable bonds is 13. The molecule has 11 heteroatoms. The summed E-state index contributed by atoms with van der Waals surface area (Å²) >= 11 is 0. The third-order valence-electron chi connectivity index (χ3n) is 4.96. The van der Waals surface area contributed by atoms with Gasteiger partial charge in [-0.1, -0.05) is 40.7 Å². The second kappa shape index (κ2) is 15.8. The van der Waals surface area contributed by atoms with Crippen molar-refractivity contribution in [2.45, 2.75) is 92.4 Å². The SMILES string of the molecule is CCCOC(=O)Oc1ccc(C[C@H](N)C(=O)O[C@@H](C)[C@H](C)OC(=O)CC(C)(C)C)cc1OC(=O)OCCC. The Morgan fingerprint density at radius 3 is 1.89 bits per heavy atom. The molecule has 0 aliphatic rings. The quantitative estimate of drug-likeness (QED) is 0.211. The molecule has 0 bridgehead atoms. The van der Waals surface area contributed by atoms with Crippen molar-refractivity contribution in [3.63, 3.8) is 0 Å². The summed E-state index contributed by atoms with van der Waals surface area (Å²) in [6, 6.07) is 3.28. The van der Waals surface area contributed by atoms with Crippen LogP contribution in [0.4, 0.5) is 9.59 Å². The average molecular weight is 540 g/mol. The highest BCUT2D eigenvalue weighted by atomic mass is 16.7. The topological polar surface area (TPSA) is 150 Å². The molecule has 0 aromatic heterocycles. The molecule has 0 saturated heterocycles. The smallest absolute Gasteiger partial charge is 0.459 e. The Balaban J connectivity index is 2.87. The lowest BCUT2D eigenvalue weighted by Gasteiger charge is -2.24. The Bertz CT molecular complexity index is 940. The van der Waals surface area contributed by atoms with Crippen LogP contribution in [0.5, 0.6) is 11.5 Å². The molecule has 1 rings (SSSR count). The van der Waals surface area contributed by atoms with Crippen LogP contribution in [0.2, 0.25) is 0 Å². The van der Waals surface area contributed by atoms with E-state index in [1.165, 1.54) is 12.1 Å². The lowest BCUT2D eigenvalue weighted by atomic mass is 9.92. The molecule has 1 aromatic carbocycles. The van der Waals surface area contributed by atoms with E-state index in [1.807, 2.05) is 34.6 Å². The predicted molar refractivity (Wildman–Crippen MR) is 138 cm³/mol. The van der Waals surface area contributed by atoms with Crippen molar-refractivity contribution in [1.29, 1.82) is 0 Å². The number of nitrogens with two attached hydrogens (primary N) is 1. The van der Waals surface area contributed by atoms with Crippen LogP contribution in [-0.2, 0) is 35.0 Å². The third kappa shape index (κ3) is 12.8. The van der Waals surface area contributed by atoms with Gasteiger partial charge in [-0.3, -0.25) is 9.59 Å². The first-order chi connectivity index (χ1) is 17.7. The van der Waals surface area contributed by atoms with E-state index in [2.05, 4.69) is 0 Å². The zero-order valence-electron chi connectivity index (χ0n) is 23.4. The van der Waals surface area contributed by atoms with E-state index in [4.69, 9.17) is 34.2 Å². The normalized spacial score (nSPS) is 13.5. The molecule has 0 amide bonds. The van der Waals surface area contributed by atoms with Gasteiger partial charge in [0.05, 0.1) is 19.6 Å². The molecule has 0 heterocycles. The lowest BCUT2D eigenvalue weighted by molar-refractivity contribution is -0.167. The first kappa shape index (κ1) is 32.7. The van der Waals surface area contributed by atoms with Crippen molar-refractivity contribution >= 4 is 24.2 Å². The van der Waals surface area contributed by atoms with E-state index in [0.717, 1.165) is 0 Å². The van der Waals surface area contributed by atoms with Crippen molar-refractivity contribution < 1.29 is 47.6 Å². The highest BCUT2D eigenvalue weighted by Crippen LogP contribution is 2.30. The lowest BCUT2D eigenvalue weighted by Crippen LogP contribution is -2.39. The third-order valence-corrected chi connectivity index (χ3v) is 4.96. The Labute approximate surface area is 224 Å². The molecule has 1 aromatic rings. The van der Waals surface area contributed by atoms with E-state index in [9.17, 15) is 19.2 Å². The molecule has 0 saturated carbocycles. The summed E-state index contributed by atoms with van der Waals surface area (Å²) in [4.78, 5) is 48.6. The molecule has 0 unspecified atom stereocenters. The summed E-state index contributed by atoms with van der Waals surface area (Å²) in [5, 5.41) is 0. The molecular formula is C27H41NO10. The summed E-state index contributed by atoms with van der Waals surface area (Å²) in [6.07, 6.45) is -1.90. The fourth-order valence-corrected chi connectivity index (χ4v) is 2.93. The number of carbonyl (C=O) groups is 4. The van der Waals surface area contributed by atoms with Crippen LogP contribution in [0.15, 0.2) is 18.2 Å². The summed E-state index contributed by atoms with van der Waals surface area (Å²) in [5.41, 5.74) is 6.32. The molecule has 0 fully saturated rings. The van der Waals surface area contributed by atoms with Gasteiger partial charge in [-0.2, -0.15) is 0 Å². The van der Waals surface area contributed by atoms with Crippen LogP contribution in [0.3, 0.4) is 0 Å². The number of esters is 2. The van der Waals surface area contributed by atoms with E-state index in [1.54, 1.807) is 19.9 Å². The monoisotopic (exact) mass is 539 g/mol. The van der Waals surface area contributed by atoms with Crippen LogP contribution in [-0.4, -0.2) is 55.7 Å². The first-order valence-corrected chi connectivity index (χ1v) is 12.7. The summed E-state index contributed by atoms with van der Waals surface area (Å²) in [5.74, 6) is -1.27. The van der Waals surface area contributed by atoms with Gasteiger partial charge in [0.25, 0.3) is 0 Å². The largest absolute Gasteiger partial charge is 0.513 e. The minimum absolute atomic E-state index is 0.0185. The van der Waals surface area contributed by atoms with Crippen molar-refractivity contribution in [3.8, 4) is 11.5 Å². The van der Waals surface area contributed by atoms with Crippen molar-refractivity contribution in [1.82, 2.24) is 0 Å². The Kier molecular flexibility index (Phi) is 13.6. The maximum atomic E-state index is 12.6. The van der Waals surface area contributed by atoms with E-state index in [0.29, 0.717) is 18.4 Å². The second-order valence-electron chi connectivity index (χ2n) is 10.1. The van der Waals surface area contributed by atoms with Crippen molar-refractivity contribution in [2.75, 3.05) is 13.2 Å². The number of carbonyl (C=O) groups excluding carboxylic acids is 4. The van der Waals surface area contributed by atoms with Gasteiger partial charge < -0.3 is 34.2 Å². The van der Waals surface area contributed by atoms with Crippen LogP contribution < -0.4 is 15.2 Å². The molecule has 214 valence electrons. The van der Waals surface area contributed by atoms with Gasteiger partial charge in [0.1, 0.15) is 18.2 Å². The Morgan fingerprint density at radius 1 is 0.842 bits per heavy atom. The zero-order valence-corrected chi connectivity index (χ0v) is 23.4. The number of hydrogen-bond acceptors (Lipinski definition) is 11. The Morgan fingerprint density at radius 2 is 1.37 bits per heavy atom. The molecule has 11 nitrogen and oxygen atoms in total. The highest BCUT2D eigenvalue weighted by molar-refractivity contribution is 5.76. The minimum atomic E-state index is -1.07.